The van der Waals surface area contributed by atoms with Crippen LogP contribution in [0.25, 0.3) is 0 Å². The van der Waals surface area contributed by atoms with Crippen molar-refractivity contribution in [3.8, 4) is 0 Å². The van der Waals surface area contributed by atoms with E-state index >= 15 is 0 Å². The molecular weight excluding hydrogens is 126 g/mol. The lowest BCUT2D eigenvalue weighted by atomic mass is 9.79. The van der Waals surface area contributed by atoms with Gasteiger partial charge in [0, 0.05) is 6.04 Å². The zero-order valence-corrected chi connectivity index (χ0v) is 5.69. The Balaban J connectivity index is 0.000000490. The summed E-state index contributed by atoms with van der Waals surface area (Å²) in [6.07, 6.45) is 0.677. The lowest BCUT2D eigenvalue weighted by molar-refractivity contribution is 0.0149. The molecule has 0 heterocycles. The van der Waals surface area contributed by atoms with Crippen molar-refractivity contribution in [2.75, 3.05) is 0 Å². The molecule has 3 N–H and O–H groups in total. The number of aliphatic hydroxyl groups excluding tert-OH is 1. The summed E-state index contributed by atoms with van der Waals surface area (Å²) in [5.41, 5.74) is 5.45. The molecule has 0 amide bonds. The van der Waals surface area contributed by atoms with Crippen molar-refractivity contribution in [2.45, 2.75) is 25.5 Å². The molecule has 50 valence electrons. The van der Waals surface area contributed by atoms with E-state index in [-0.39, 0.29) is 24.6 Å². The van der Waals surface area contributed by atoms with Gasteiger partial charge in [0.1, 0.15) is 0 Å². The molecule has 1 fully saturated rings. The fourth-order valence-corrected chi connectivity index (χ4v) is 0.798. The van der Waals surface area contributed by atoms with Crippen LogP contribution in [0.3, 0.4) is 0 Å². The first-order chi connectivity index (χ1) is 3.22. The van der Waals surface area contributed by atoms with Crippen LogP contribution in [0.4, 0.5) is 0 Å². The largest absolute Gasteiger partial charge is 0.393 e. The van der Waals surface area contributed by atoms with Gasteiger partial charge in [-0.3, -0.25) is 0 Å². The maximum Gasteiger partial charge on any atom is 0.0595 e. The van der Waals surface area contributed by atoms with Gasteiger partial charge >= 0.3 is 0 Å². The predicted molar refractivity (Wildman–Crippen MR) is 35.0 cm³/mol. The highest BCUT2D eigenvalue weighted by Gasteiger charge is 2.32. The van der Waals surface area contributed by atoms with Crippen molar-refractivity contribution in [1.82, 2.24) is 0 Å². The number of nitrogens with two attached hydrogens (primary N) is 1. The number of hydrogen-bond acceptors (Lipinski definition) is 2. The van der Waals surface area contributed by atoms with Crippen LogP contribution in [0.15, 0.2) is 0 Å². The first kappa shape index (κ1) is 8.21. The van der Waals surface area contributed by atoms with Gasteiger partial charge < -0.3 is 10.8 Å². The van der Waals surface area contributed by atoms with Crippen LogP contribution in [-0.2, 0) is 0 Å². The Morgan fingerprint density at radius 2 is 2.12 bits per heavy atom. The highest BCUT2D eigenvalue weighted by Crippen LogP contribution is 2.24. The zero-order valence-electron chi connectivity index (χ0n) is 4.87. The van der Waals surface area contributed by atoms with Crippen molar-refractivity contribution in [3.63, 3.8) is 0 Å². The van der Waals surface area contributed by atoms with Gasteiger partial charge in [-0.1, -0.05) is 6.92 Å². The summed E-state index contributed by atoms with van der Waals surface area (Å²) in [6, 6.07) is 0.259. The predicted octanol–water partition coefficient (Wildman–Crippen LogP) is 0.136. The molecule has 3 unspecified atom stereocenters. The highest BCUT2D eigenvalue weighted by molar-refractivity contribution is 5.85. The van der Waals surface area contributed by atoms with Gasteiger partial charge in [0.05, 0.1) is 6.10 Å². The Bertz CT molecular complexity index is 70.8. The summed E-state index contributed by atoms with van der Waals surface area (Å²) >= 11 is 0. The first-order valence-corrected chi connectivity index (χ1v) is 2.65. The van der Waals surface area contributed by atoms with Gasteiger partial charge in [-0.2, -0.15) is 0 Å². The molecule has 0 aliphatic heterocycles. The van der Waals surface area contributed by atoms with E-state index < -0.39 is 0 Å². The summed E-state index contributed by atoms with van der Waals surface area (Å²) in [7, 11) is 0. The molecule has 0 saturated heterocycles. The van der Waals surface area contributed by atoms with E-state index in [0.717, 1.165) is 6.42 Å². The third kappa shape index (κ3) is 1.13. The molecule has 1 saturated carbocycles. The standard InChI is InChI=1S/C5H11NO.ClH/c1-3-4(6)2-5(3)7;/h3-5,7H,2,6H2,1H3;1H. The van der Waals surface area contributed by atoms with Crippen LogP contribution in [-0.4, -0.2) is 17.3 Å². The molecule has 0 aromatic carbocycles. The van der Waals surface area contributed by atoms with Crippen molar-refractivity contribution < 1.29 is 5.11 Å². The van der Waals surface area contributed by atoms with Crippen LogP contribution in [0.2, 0.25) is 0 Å². The topological polar surface area (TPSA) is 46.2 Å². The number of hydrogen-bond donors (Lipinski definition) is 2. The van der Waals surface area contributed by atoms with Crippen LogP contribution in [0.5, 0.6) is 0 Å². The van der Waals surface area contributed by atoms with Crippen molar-refractivity contribution in [2.24, 2.45) is 11.7 Å². The number of rotatable bonds is 0. The molecule has 0 aromatic rings. The monoisotopic (exact) mass is 137 g/mol. The molecule has 0 radical (unpaired) electrons. The zero-order chi connectivity index (χ0) is 5.44. The van der Waals surface area contributed by atoms with E-state index in [2.05, 4.69) is 0 Å². The smallest absolute Gasteiger partial charge is 0.0595 e. The summed E-state index contributed by atoms with van der Waals surface area (Å²) in [6.45, 7) is 1.97. The third-order valence-corrected chi connectivity index (χ3v) is 1.80. The number of aliphatic hydroxyl groups is 1. The first-order valence-electron chi connectivity index (χ1n) is 2.65. The van der Waals surface area contributed by atoms with Crippen molar-refractivity contribution in [3.05, 3.63) is 0 Å². The number of halogens is 1. The maximum absolute atomic E-state index is 8.81. The molecule has 1 aliphatic rings. The highest BCUT2D eigenvalue weighted by atomic mass is 35.5. The normalized spacial score (nSPS) is 44.6. The lowest BCUT2D eigenvalue weighted by Gasteiger charge is -2.36. The average molecular weight is 138 g/mol. The minimum absolute atomic E-state index is 0. The van der Waals surface area contributed by atoms with Gasteiger partial charge in [-0.05, 0) is 12.3 Å². The summed E-state index contributed by atoms with van der Waals surface area (Å²) in [5.74, 6) is 0.333. The molecule has 0 spiro atoms. The lowest BCUT2D eigenvalue weighted by Crippen LogP contribution is -2.49. The van der Waals surface area contributed by atoms with Gasteiger partial charge in [-0.25, -0.2) is 0 Å². The second-order valence-electron chi connectivity index (χ2n) is 2.33. The molecule has 3 atom stereocenters. The Morgan fingerprint density at radius 3 is 2.12 bits per heavy atom. The van der Waals surface area contributed by atoms with Gasteiger partial charge in [0.25, 0.3) is 0 Å². The second kappa shape index (κ2) is 2.67. The Kier molecular flexibility index (Phi) is 2.74. The van der Waals surface area contributed by atoms with Crippen molar-refractivity contribution >= 4 is 12.4 Å². The van der Waals surface area contributed by atoms with E-state index in [1.807, 2.05) is 6.92 Å². The molecule has 1 aliphatic carbocycles. The minimum Gasteiger partial charge on any atom is -0.393 e. The summed E-state index contributed by atoms with van der Waals surface area (Å²) in [5, 5.41) is 8.81. The van der Waals surface area contributed by atoms with Crippen molar-refractivity contribution in [1.29, 1.82) is 0 Å². The summed E-state index contributed by atoms with van der Waals surface area (Å²) < 4.78 is 0. The molecule has 8 heavy (non-hydrogen) atoms. The molecule has 2 nitrogen and oxygen atoms in total. The second-order valence-corrected chi connectivity index (χ2v) is 2.33. The average Bonchev–Trinajstić information content (AvgIpc) is 1.68. The summed E-state index contributed by atoms with van der Waals surface area (Å²) in [4.78, 5) is 0. The van der Waals surface area contributed by atoms with E-state index in [1.54, 1.807) is 0 Å². The quantitative estimate of drug-likeness (QED) is 0.499. The van der Waals surface area contributed by atoms with Crippen LogP contribution in [0.1, 0.15) is 13.3 Å². The third-order valence-electron chi connectivity index (χ3n) is 1.80. The van der Waals surface area contributed by atoms with E-state index in [1.165, 1.54) is 0 Å². The molecule has 1 rings (SSSR count). The minimum atomic E-state index is -0.116. The fraction of sp³-hybridized carbons (Fsp3) is 1.00. The molecule has 0 aromatic heterocycles. The maximum atomic E-state index is 8.81. The van der Waals surface area contributed by atoms with Gasteiger partial charge in [0.2, 0.25) is 0 Å². The van der Waals surface area contributed by atoms with E-state index in [0.29, 0.717) is 5.92 Å². The van der Waals surface area contributed by atoms with E-state index in [4.69, 9.17) is 10.8 Å². The Labute approximate surface area is 55.5 Å². The van der Waals surface area contributed by atoms with Gasteiger partial charge in [-0.15, -0.1) is 12.4 Å². The van der Waals surface area contributed by atoms with E-state index in [9.17, 15) is 0 Å². The van der Waals surface area contributed by atoms with Gasteiger partial charge in [0.15, 0.2) is 0 Å². The molecule has 0 bridgehead atoms. The van der Waals surface area contributed by atoms with Crippen LogP contribution >= 0.6 is 12.4 Å². The fourth-order valence-electron chi connectivity index (χ4n) is 0.798. The van der Waals surface area contributed by atoms with Crippen LogP contribution in [0, 0.1) is 5.92 Å². The molecular formula is C5H12ClNO. The SMILES string of the molecule is CC1C(N)CC1O.Cl. The molecule has 3 heteroatoms. The Morgan fingerprint density at radius 1 is 1.62 bits per heavy atom. The van der Waals surface area contributed by atoms with Crippen LogP contribution < -0.4 is 5.73 Å². The Hall–Kier alpha value is 0.210.